The lowest BCUT2D eigenvalue weighted by Gasteiger charge is -2.22. The molecule has 124 valence electrons. The van der Waals surface area contributed by atoms with Gasteiger partial charge in [-0.15, -0.1) is 4.73 Å². The Hall–Kier alpha value is -2.58. The van der Waals surface area contributed by atoms with Crippen molar-refractivity contribution in [3.63, 3.8) is 0 Å². The summed E-state index contributed by atoms with van der Waals surface area (Å²) in [5, 5.41) is 23.5. The van der Waals surface area contributed by atoms with Crippen molar-refractivity contribution in [2.75, 3.05) is 6.54 Å². The fraction of sp³-hybridized carbons (Fsp3) is 0.538. The zero-order valence-corrected chi connectivity index (χ0v) is 12.9. The Morgan fingerprint density at radius 3 is 2.27 bits per heavy atom. The van der Waals surface area contributed by atoms with Gasteiger partial charge in [0.1, 0.15) is 5.60 Å². The molecule has 2 amide bonds. The van der Waals surface area contributed by atoms with E-state index in [0.717, 1.165) is 12.1 Å². The van der Waals surface area contributed by atoms with Crippen molar-refractivity contribution in [2.24, 2.45) is 0 Å². The van der Waals surface area contributed by atoms with Crippen molar-refractivity contribution in [1.82, 2.24) is 15.4 Å². The Kier molecular flexibility index (Phi) is 5.50. The van der Waals surface area contributed by atoms with Gasteiger partial charge in [-0.2, -0.15) is 0 Å². The van der Waals surface area contributed by atoms with Gasteiger partial charge in [-0.1, -0.05) is 0 Å². The summed E-state index contributed by atoms with van der Waals surface area (Å²) in [7, 11) is 0. The molecule has 0 radical (unpaired) electrons. The van der Waals surface area contributed by atoms with E-state index in [1.807, 2.05) is 0 Å². The summed E-state index contributed by atoms with van der Waals surface area (Å²) < 4.78 is 5.62. The summed E-state index contributed by atoms with van der Waals surface area (Å²) in [5.41, 5.74) is -0.611. The zero-order valence-electron chi connectivity index (χ0n) is 12.9. The Morgan fingerprint density at radius 2 is 1.77 bits per heavy atom. The number of aromatic hydroxyl groups is 2. The molecule has 1 aromatic rings. The van der Waals surface area contributed by atoms with Gasteiger partial charge >= 0.3 is 12.2 Å². The van der Waals surface area contributed by atoms with Crippen molar-refractivity contribution >= 4 is 12.2 Å². The van der Waals surface area contributed by atoms with E-state index in [4.69, 9.17) is 4.74 Å². The summed E-state index contributed by atoms with van der Waals surface area (Å²) in [6.07, 6.45) is -1.50. The van der Waals surface area contributed by atoms with E-state index in [1.165, 1.54) is 0 Å². The molecule has 0 spiro atoms. The molecule has 4 N–H and O–H groups in total. The van der Waals surface area contributed by atoms with Crippen LogP contribution in [0.4, 0.5) is 9.59 Å². The summed E-state index contributed by atoms with van der Waals surface area (Å²) in [5.74, 6) is -0.847. The van der Waals surface area contributed by atoms with Crippen molar-refractivity contribution in [2.45, 2.75) is 39.3 Å². The molecule has 1 atom stereocenters. The van der Waals surface area contributed by atoms with E-state index < -0.39 is 35.6 Å². The topological polar surface area (TPSA) is 122 Å². The number of nitrogens with zero attached hydrogens (tertiary/aromatic N) is 1. The van der Waals surface area contributed by atoms with Gasteiger partial charge in [0, 0.05) is 24.7 Å². The van der Waals surface area contributed by atoms with Crippen LogP contribution in [0.3, 0.4) is 0 Å². The van der Waals surface area contributed by atoms with Crippen LogP contribution in [-0.4, -0.2) is 45.3 Å². The fourth-order valence-electron chi connectivity index (χ4n) is 1.41. The first kappa shape index (κ1) is 17.5. The minimum absolute atomic E-state index is 0.0703. The number of rotatable bonds is 4. The first-order valence-corrected chi connectivity index (χ1v) is 6.64. The number of alkyl carbamates (subject to hydrolysis) is 1. The average Bonchev–Trinajstić information content (AvgIpc) is 2.65. The molecular formula is C13H21N3O6. The lowest BCUT2D eigenvalue weighted by atomic mass is 10.2. The number of aromatic nitrogens is 1. The van der Waals surface area contributed by atoms with Crippen LogP contribution < -0.4 is 15.5 Å². The number of hydrogen-bond donors (Lipinski definition) is 4. The molecule has 9 nitrogen and oxygen atoms in total. The van der Waals surface area contributed by atoms with Crippen LogP contribution in [0.2, 0.25) is 0 Å². The van der Waals surface area contributed by atoms with Crippen LogP contribution in [-0.2, 0) is 4.74 Å². The van der Waals surface area contributed by atoms with Crippen LogP contribution >= 0.6 is 0 Å². The highest BCUT2D eigenvalue weighted by Crippen LogP contribution is 2.18. The number of nitrogens with one attached hydrogen (secondary N) is 2. The Morgan fingerprint density at radius 1 is 1.23 bits per heavy atom. The Balaban J connectivity index is 2.36. The van der Waals surface area contributed by atoms with Gasteiger partial charge in [-0.25, -0.2) is 9.59 Å². The van der Waals surface area contributed by atoms with E-state index in [-0.39, 0.29) is 6.54 Å². The number of hydrogen-bond acceptors (Lipinski definition) is 6. The monoisotopic (exact) mass is 315 g/mol. The molecule has 0 fully saturated rings. The Labute approximate surface area is 127 Å². The van der Waals surface area contributed by atoms with E-state index in [1.54, 1.807) is 27.7 Å². The van der Waals surface area contributed by atoms with E-state index in [0.29, 0.717) is 4.73 Å². The predicted octanol–water partition coefficient (Wildman–Crippen LogP) is 0.951. The number of ether oxygens (including phenoxy) is 1. The fourth-order valence-corrected chi connectivity index (χ4v) is 1.41. The summed E-state index contributed by atoms with van der Waals surface area (Å²) in [6.45, 7) is 6.95. The van der Waals surface area contributed by atoms with Gasteiger partial charge in [-0.3, -0.25) is 0 Å². The second-order valence-electron chi connectivity index (χ2n) is 5.65. The van der Waals surface area contributed by atoms with E-state index in [2.05, 4.69) is 15.5 Å². The maximum absolute atomic E-state index is 11.5. The summed E-state index contributed by atoms with van der Waals surface area (Å²) in [6, 6.07) is 1.92. The first-order chi connectivity index (χ1) is 10.1. The molecule has 1 rings (SSSR count). The standard InChI is InChI=1S/C13H21N3O6/c1-8(15-12(20)21-13(2,3)4)7-14-11(19)22-16-9(17)5-6-10(16)18/h5-6,8,17-18H,7H2,1-4H3,(H,14,19)(H,15,20). The summed E-state index contributed by atoms with van der Waals surface area (Å²) >= 11 is 0. The number of carbonyl (C=O) groups is 2. The van der Waals surface area contributed by atoms with Crippen LogP contribution in [0.15, 0.2) is 12.1 Å². The third-order valence-corrected chi connectivity index (χ3v) is 2.29. The molecule has 22 heavy (non-hydrogen) atoms. The van der Waals surface area contributed by atoms with Gasteiger partial charge in [0.2, 0.25) is 11.8 Å². The molecule has 0 aromatic carbocycles. The summed E-state index contributed by atoms with van der Waals surface area (Å²) in [4.78, 5) is 27.7. The maximum Gasteiger partial charge on any atom is 0.432 e. The third kappa shape index (κ3) is 5.81. The van der Waals surface area contributed by atoms with Crippen LogP contribution in [0, 0.1) is 0 Å². The zero-order chi connectivity index (χ0) is 16.9. The second-order valence-corrected chi connectivity index (χ2v) is 5.65. The van der Waals surface area contributed by atoms with E-state index >= 15 is 0 Å². The van der Waals surface area contributed by atoms with Gasteiger partial charge in [0.05, 0.1) is 0 Å². The molecule has 0 bridgehead atoms. The van der Waals surface area contributed by atoms with E-state index in [9.17, 15) is 19.8 Å². The third-order valence-electron chi connectivity index (χ3n) is 2.29. The quantitative estimate of drug-likeness (QED) is 0.656. The molecule has 1 unspecified atom stereocenters. The van der Waals surface area contributed by atoms with Gasteiger partial charge in [0.15, 0.2) is 0 Å². The molecule has 0 aliphatic heterocycles. The number of amides is 2. The molecular weight excluding hydrogens is 294 g/mol. The van der Waals surface area contributed by atoms with Crippen LogP contribution in [0.25, 0.3) is 0 Å². The highest BCUT2D eigenvalue weighted by molar-refractivity contribution is 5.69. The van der Waals surface area contributed by atoms with Gasteiger partial charge in [-0.05, 0) is 27.7 Å². The largest absolute Gasteiger partial charge is 0.492 e. The molecule has 0 aliphatic carbocycles. The number of carbonyl (C=O) groups excluding carboxylic acids is 2. The lowest BCUT2D eigenvalue weighted by molar-refractivity contribution is 0.0506. The van der Waals surface area contributed by atoms with Crippen LogP contribution in [0.1, 0.15) is 27.7 Å². The van der Waals surface area contributed by atoms with Gasteiger partial charge < -0.3 is 30.4 Å². The van der Waals surface area contributed by atoms with Crippen LogP contribution in [0.5, 0.6) is 11.8 Å². The minimum atomic E-state index is -0.903. The van der Waals surface area contributed by atoms with Gasteiger partial charge in [0.25, 0.3) is 0 Å². The highest BCUT2D eigenvalue weighted by atomic mass is 16.7. The SMILES string of the molecule is CC(CNC(=O)On1c(O)ccc1O)NC(=O)OC(C)(C)C. The average molecular weight is 315 g/mol. The molecule has 0 aliphatic rings. The molecule has 9 heteroatoms. The molecule has 0 saturated heterocycles. The smallest absolute Gasteiger partial charge is 0.432 e. The second kappa shape index (κ2) is 6.92. The first-order valence-electron chi connectivity index (χ1n) is 6.64. The minimum Gasteiger partial charge on any atom is -0.492 e. The van der Waals surface area contributed by atoms with Crippen molar-refractivity contribution < 1.29 is 29.4 Å². The maximum atomic E-state index is 11.5. The highest BCUT2D eigenvalue weighted by Gasteiger charge is 2.18. The Bertz CT molecular complexity index is 515. The molecule has 0 saturated carbocycles. The molecule has 1 aromatic heterocycles. The lowest BCUT2D eigenvalue weighted by Crippen LogP contribution is -2.45. The van der Waals surface area contributed by atoms with Crippen molar-refractivity contribution in [3.8, 4) is 11.8 Å². The predicted molar refractivity (Wildman–Crippen MR) is 76.6 cm³/mol. The van der Waals surface area contributed by atoms with Crippen molar-refractivity contribution in [1.29, 1.82) is 0 Å². The normalized spacial score (nSPS) is 12.4. The van der Waals surface area contributed by atoms with Crippen molar-refractivity contribution in [3.05, 3.63) is 12.1 Å². The molecule has 1 heterocycles.